The number of carboxylic acids is 1. The quantitative estimate of drug-likeness (QED) is 0.835. The molecule has 0 aromatic carbocycles. The van der Waals surface area contributed by atoms with Gasteiger partial charge in [0.15, 0.2) is 0 Å². The summed E-state index contributed by atoms with van der Waals surface area (Å²) < 4.78 is 2.13. The van der Waals surface area contributed by atoms with Crippen LogP contribution in [0.1, 0.15) is 62.2 Å². The first-order valence-electron chi connectivity index (χ1n) is 6.93. The predicted octanol–water partition coefficient (Wildman–Crippen LogP) is 3.10. The van der Waals surface area contributed by atoms with E-state index < -0.39 is 5.97 Å². The van der Waals surface area contributed by atoms with Crippen molar-refractivity contribution >= 4 is 5.97 Å². The van der Waals surface area contributed by atoms with E-state index in [0.717, 1.165) is 11.3 Å². The molecule has 2 rings (SSSR count). The van der Waals surface area contributed by atoms with E-state index in [1.54, 1.807) is 0 Å². The minimum atomic E-state index is -0.739. The molecule has 0 saturated heterocycles. The number of rotatable bonds is 4. The Hall–Kier alpha value is -1.32. The topological polar surface area (TPSA) is 55.1 Å². The molecule has 0 atom stereocenters. The van der Waals surface area contributed by atoms with Crippen molar-refractivity contribution in [2.24, 2.45) is 0 Å². The van der Waals surface area contributed by atoms with Crippen LogP contribution in [0.3, 0.4) is 0 Å². The molecule has 1 aromatic rings. The zero-order chi connectivity index (χ0) is 13.0. The fourth-order valence-corrected chi connectivity index (χ4v) is 2.82. The smallest absolute Gasteiger partial charge is 0.303 e. The lowest BCUT2D eigenvalue weighted by Crippen LogP contribution is -2.11. The predicted molar refractivity (Wildman–Crippen MR) is 69.7 cm³/mol. The number of carbonyl (C=O) groups is 1. The molecule has 1 aliphatic carbocycles. The standard InChI is InChI=1S/C14H22N2O2/c1-11-12(8-9-14(17)18)10-15-16(11)13-6-4-2-3-5-7-13/h10,13H,2-9H2,1H3,(H,17,18). The van der Waals surface area contributed by atoms with Gasteiger partial charge in [0.1, 0.15) is 0 Å². The Kier molecular flexibility index (Phi) is 4.39. The van der Waals surface area contributed by atoms with Gasteiger partial charge in [0, 0.05) is 12.1 Å². The molecule has 0 bridgehead atoms. The van der Waals surface area contributed by atoms with E-state index in [1.165, 1.54) is 38.5 Å². The highest BCUT2D eigenvalue weighted by Gasteiger charge is 2.18. The lowest BCUT2D eigenvalue weighted by Gasteiger charge is -2.17. The summed E-state index contributed by atoms with van der Waals surface area (Å²) in [5.41, 5.74) is 2.24. The number of hydrogen-bond acceptors (Lipinski definition) is 2. The van der Waals surface area contributed by atoms with Crippen LogP contribution >= 0.6 is 0 Å². The maximum absolute atomic E-state index is 10.6. The molecule has 1 aliphatic rings. The van der Waals surface area contributed by atoms with E-state index in [9.17, 15) is 4.79 Å². The Morgan fingerprint density at radius 1 is 1.39 bits per heavy atom. The molecule has 1 heterocycles. The normalized spacial score (nSPS) is 17.6. The summed E-state index contributed by atoms with van der Waals surface area (Å²) in [6, 6.07) is 0.520. The molecule has 0 unspecified atom stereocenters. The molecule has 1 aromatic heterocycles. The van der Waals surface area contributed by atoms with Gasteiger partial charge in [-0.05, 0) is 31.7 Å². The first-order chi connectivity index (χ1) is 8.68. The molecule has 0 aliphatic heterocycles. The van der Waals surface area contributed by atoms with Crippen molar-refractivity contribution in [3.8, 4) is 0 Å². The number of nitrogens with zero attached hydrogens (tertiary/aromatic N) is 2. The van der Waals surface area contributed by atoms with Gasteiger partial charge < -0.3 is 5.11 Å². The lowest BCUT2D eigenvalue weighted by atomic mass is 10.1. The van der Waals surface area contributed by atoms with Crippen LogP contribution in [-0.2, 0) is 11.2 Å². The fraction of sp³-hybridized carbons (Fsp3) is 0.714. The second-order valence-electron chi connectivity index (χ2n) is 5.24. The van der Waals surface area contributed by atoms with Crippen molar-refractivity contribution in [1.29, 1.82) is 0 Å². The van der Waals surface area contributed by atoms with Gasteiger partial charge in [0.25, 0.3) is 0 Å². The molecule has 4 nitrogen and oxygen atoms in total. The van der Waals surface area contributed by atoms with E-state index in [4.69, 9.17) is 5.11 Å². The van der Waals surface area contributed by atoms with E-state index in [2.05, 4.69) is 16.7 Å². The number of carboxylic acid groups (broad SMARTS) is 1. The largest absolute Gasteiger partial charge is 0.481 e. The SMILES string of the molecule is Cc1c(CCC(=O)O)cnn1C1CCCCCC1. The summed E-state index contributed by atoms with van der Waals surface area (Å²) in [6.07, 6.45) is 10.3. The van der Waals surface area contributed by atoms with Crippen molar-refractivity contribution in [3.05, 3.63) is 17.5 Å². The first-order valence-corrected chi connectivity index (χ1v) is 6.93. The van der Waals surface area contributed by atoms with Gasteiger partial charge in [-0.2, -0.15) is 5.10 Å². The van der Waals surface area contributed by atoms with Crippen LogP contribution in [0.15, 0.2) is 6.20 Å². The fourth-order valence-electron chi connectivity index (χ4n) is 2.82. The first kappa shape index (κ1) is 13.1. The summed E-state index contributed by atoms with van der Waals surface area (Å²) in [5, 5.41) is 13.2. The molecular formula is C14H22N2O2. The van der Waals surface area contributed by atoms with Gasteiger partial charge in [-0.25, -0.2) is 0 Å². The van der Waals surface area contributed by atoms with Crippen LogP contribution in [0, 0.1) is 6.92 Å². The van der Waals surface area contributed by atoms with Gasteiger partial charge in [0.05, 0.1) is 12.2 Å². The number of aliphatic carboxylic acids is 1. The van der Waals surface area contributed by atoms with Crippen LogP contribution in [-0.4, -0.2) is 20.9 Å². The third-order valence-electron chi connectivity index (χ3n) is 3.93. The Balaban J connectivity index is 2.06. The van der Waals surface area contributed by atoms with Crippen molar-refractivity contribution in [2.45, 2.75) is 64.3 Å². The van der Waals surface area contributed by atoms with Crippen molar-refractivity contribution in [3.63, 3.8) is 0 Å². The van der Waals surface area contributed by atoms with Crippen molar-refractivity contribution < 1.29 is 9.90 Å². The Morgan fingerprint density at radius 2 is 2.06 bits per heavy atom. The van der Waals surface area contributed by atoms with Crippen LogP contribution in [0.4, 0.5) is 0 Å². The molecule has 4 heteroatoms. The van der Waals surface area contributed by atoms with E-state index in [-0.39, 0.29) is 6.42 Å². The van der Waals surface area contributed by atoms with Crippen molar-refractivity contribution in [1.82, 2.24) is 9.78 Å². The maximum atomic E-state index is 10.6. The number of aromatic nitrogens is 2. The van der Waals surface area contributed by atoms with Crippen LogP contribution in [0.25, 0.3) is 0 Å². The average Bonchev–Trinajstić information content (AvgIpc) is 2.56. The summed E-state index contributed by atoms with van der Waals surface area (Å²) in [5.74, 6) is -0.739. The molecule has 0 spiro atoms. The highest BCUT2D eigenvalue weighted by Crippen LogP contribution is 2.28. The lowest BCUT2D eigenvalue weighted by molar-refractivity contribution is -0.136. The summed E-state index contributed by atoms with van der Waals surface area (Å²) in [4.78, 5) is 10.6. The van der Waals surface area contributed by atoms with Crippen LogP contribution in [0.2, 0.25) is 0 Å². The minimum Gasteiger partial charge on any atom is -0.481 e. The molecule has 1 fully saturated rings. The van der Waals surface area contributed by atoms with Gasteiger partial charge >= 0.3 is 5.97 Å². The highest BCUT2D eigenvalue weighted by molar-refractivity contribution is 5.67. The molecule has 18 heavy (non-hydrogen) atoms. The third-order valence-corrected chi connectivity index (χ3v) is 3.93. The molecule has 1 saturated carbocycles. The molecular weight excluding hydrogens is 228 g/mol. The zero-order valence-corrected chi connectivity index (χ0v) is 11.1. The van der Waals surface area contributed by atoms with Crippen LogP contribution < -0.4 is 0 Å². The van der Waals surface area contributed by atoms with Crippen LogP contribution in [0.5, 0.6) is 0 Å². The highest BCUT2D eigenvalue weighted by atomic mass is 16.4. The second kappa shape index (κ2) is 6.03. The van der Waals surface area contributed by atoms with Crippen molar-refractivity contribution in [2.75, 3.05) is 0 Å². The van der Waals surface area contributed by atoms with E-state index >= 15 is 0 Å². The Morgan fingerprint density at radius 3 is 2.67 bits per heavy atom. The summed E-state index contributed by atoms with van der Waals surface area (Å²) >= 11 is 0. The third kappa shape index (κ3) is 3.12. The van der Waals surface area contributed by atoms with E-state index in [1.807, 2.05) is 6.20 Å². The Bertz CT molecular complexity index is 404. The maximum Gasteiger partial charge on any atom is 0.303 e. The van der Waals surface area contributed by atoms with Gasteiger partial charge in [0.2, 0.25) is 0 Å². The zero-order valence-electron chi connectivity index (χ0n) is 11.1. The molecule has 0 radical (unpaired) electrons. The average molecular weight is 250 g/mol. The summed E-state index contributed by atoms with van der Waals surface area (Å²) in [7, 11) is 0. The van der Waals surface area contributed by atoms with Gasteiger partial charge in [-0.15, -0.1) is 0 Å². The molecule has 100 valence electrons. The molecule has 0 amide bonds. The minimum absolute atomic E-state index is 0.192. The second-order valence-corrected chi connectivity index (χ2v) is 5.24. The van der Waals surface area contributed by atoms with E-state index in [0.29, 0.717) is 12.5 Å². The number of aryl methyl sites for hydroxylation is 1. The van der Waals surface area contributed by atoms with Gasteiger partial charge in [-0.3, -0.25) is 9.48 Å². The Labute approximate surface area is 108 Å². The number of hydrogen-bond donors (Lipinski definition) is 1. The monoisotopic (exact) mass is 250 g/mol. The molecule has 1 N–H and O–H groups in total. The van der Waals surface area contributed by atoms with Gasteiger partial charge in [-0.1, -0.05) is 25.7 Å². The summed E-state index contributed by atoms with van der Waals surface area (Å²) in [6.45, 7) is 2.06.